The molecule has 2 atom stereocenters. The van der Waals surface area contributed by atoms with E-state index in [-0.39, 0.29) is 6.61 Å². The second-order valence-corrected chi connectivity index (χ2v) is 6.58. The van der Waals surface area contributed by atoms with Gasteiger partial charge in [0.05, 0.1) is 0 Å². The van der Waals surface area contributed by atoms with Gasteiger partial charge in [0.2, 0.25) is 0 Å². The number of nitrogens with zero attached hydrogens (tertiary/aromatic N) is 1. The van der Waals surface area contributed by atoms with Crippen LogP contribution in [0.4, 0.5) is 0 Å². The first kappa shape index (κ1) is 20.5. The van der Waals surface area contributed by atoms with Crippen molar-refractivity contribution in [2.24, 2.45) is 10.9 Å². The van der Waals surface area contributed by atoms with Gasteiger partial charge >= 0.3 is 0 Å². The summed E-state index contributed by atoms with van der Waals surface area (Å²) in [5, 5.41) is 15.9. The van der Waals surface area contributed by atoms with Crippen LogP contribution in [0.1, 0.15) is 57.1 Å². The Balaban J connectivity index is 2.57. The maximum atomic E-state index is 9.17. The summed E-state index contributed by atoms with van der Waals surface area (Å²) in [6.45, 7) is 11.3. The molecule has 1 aromatic rings. The molecule has 0 spiro atoms. The highest BCUT2D eigenvalue weighted by Gasteiger charge is 2.09. The molecule has 0 saturated heterocycles. The molecule has 2 unspecified atom stereocenters. The van der Waals surface area contributed by atoms with Crippen LogP contribution in [-0.2, 0) is 0 Å². The molecule has 1 rings (SSSR count). The van der Waals surface area contributed by atoms with Crippen molar-refractivity contribution < 1.29 is 5.11 Å². The summed E-state index contributed by atoms with van der Waals surface area (Å²) in [6.07, 6.45) is 3.08. The van der Waals surface area contributed by atoms with Gasteiger partial charge in [0.25, 0.3) is 0 Å². The van der Waals surface area contributed by atoms with Gasteiger partial charge in [-0.2, -0.15) is 0 Å². The van der Waals surface area contributed by atoms with E-state index in [1.54, 1.807) is 0 Å². The number of aryl methyl sites for hydroxylation is 1. The van der Waals surface area contributed by atoms with Crippen molar-refractivity contribution in [3.05, 3.63) is 35.4 Å². The lowest BCUT2D eigenvalue weighted by Crippen LogP contribution is -2.39. The number of aliphatic imine (C=N–C) groups is 1. The molecule has 0 radical (unpaired) electrons. The van der Waals surface area contributed by atoms with E-state index in [1.807, 2.05) is 0 Å². The maximum Gasteiger partial charge on any atom is 0.191 e. The van der Waals surface area contributed by atoms with E-state index in [0.717, 1.165) is 44.9 Å². The summed E-state index contributed by atoms with van der Waals surface area (Å²) < 4.78 is 0. The van der Waals surface area contributed by atoms with Crippen molar-refractivity contribution >= 4 is 5.96 Å². The molecule has 136 valence electrons. The number of benzene rings is 1. The fraction of sp³-hybridized carbons (Fsp3) is 0.650. The molecule has 0 aromatic heterocycles. The van der Waals surface area contributed by atoms with Crippen LogP contribution in [0, 0.1) is 12.8 Å². The smallest absolute Gasteiger partial charge is 0.191 e. The minimum atomic E-state index is 0.245. The third-order valence-electron chi connectivity index (χ3n) is 4.31. The average Bonchev–Trinajstić information content (AvgIpc) is 2.58. The highest BCUT2D eigenvalue weighted by atomic mass is 16.3. The highest BCUT2D eigenvalue weighted by Crippen LogP contribution is 2.15. The molecular weight excluding hydrogens is 298 g/mol. The topological polar surface area (TPSA) is 56.7 Å². The Morgan fingerprint density at radius 1 is 1.12 bits per heavy atom. The molecule has 0 aliphatic carbocycles. The Kier molecular flexibility index (Phi) is 10.2. The number of hydrogen-bond donors (Lipinski definition) is 3. The van der Waals surface area contributed by atoms with Crippen molar-refractivity contribution in [2.45, 2.75) is 52.9 Å². The lowest BCUT2D eigenvalue weighted by atomic mass is 10.00. The highest BCUT2D eigenvalue weighted by molar-refractivity contribution is 5.79. The van der Waals surface area contributed by atoms with E-state index in [2.05, 4.69) is 62.6 Å². The summed E-state index contributed by atoms with van der Waals surface area (Å²) in [5.41, 5.74) is 2.63. The molecule has 0 fully saturated rings. The molecule has 0 aliphatic rings. The largest absolute Gasteiger partial charge is 0.396 e. The number of aliphatic hydroxyl groups is 1. The minimum Gasteiger partial charge on any atom is -0.396 e. The van der Waals surface area contributed by atoms with Crippen LogP contribution in [0.5, 0.6) is 0 Å². The molecule has 0 heterocycles. The number of aliphatic hydroxyl groups excluding tert-OH is 1. The molecule has 1 aromatic carbocycles. The number of guanidine groups is 1. The van der Waals surface area contributed by atoms with Crippen LogP contribution in [0.3, 0.4) is 0 Å². The van der Waals surface area contributed by atoms with E-state index < -0.39 is 0 Å². The van der Waals surface area contributed by atoms with Gasteiger partial charge < -0.3 is 15.7 Å². The fourth-order valence-electron chi connectivity index (χ4n) is 2.74. The van der Waals surface area contributed by atoms with Crippen molar-refractivity contribution in [2.75, 3.05) is 26.2 Å². The Morgan fingerprint density at radius 3 is 2.42 bits per heavy atom. The lowest BCUT2D eigenvalue weighted by Gasteiger charge is -2.18. The Morgan fingerprint density at radius 2 is 1.83 bits per heavy atom. The maximum absolute atomic E-state index is 9.17. The standard InChI is InChI=1S/C20H35N3O/c1-5-7-18(12-13-24)15-23-20(21-6-2)22-14-17(4)19-10-8-16(3)9-11-19/h8-11,17-18,24H,5-7,12-15H2,1-4H3,(H2,21,22,23). The van der Waals surface area contributed by atoms with Crippen LogP contribution in [-0.4, -0.2) is 37.3 Å². The summed E-state index contributed by atoms with van der Waals surface area (Å²) >= 11 is 0. The molecular formula is C20H35N3O. The van der Waals surface area contributed by atoms with E-state index in [1.165, 1.54) is 11.1 Å². The number of hydrogen-bond acceptors (Lipinski definition) is 2. The third kappa shape index (κ3) is 7.82. The zero-order valence-electron chi connectivity index (χ0n) is 15.8. The first-order valence-electron chi connectivity index (χ1n) is 9.30. The number of rotatable bonds is 10. The Bertz CT molecular complexity index is 464. The molecule has 3 N–H and O–H groups in total. The van der Waals surface area contributed by atoms with E-state index in [9.17, 15) is 5.11 Å². The van der Waals surface area contributed by atoms with Gasteiger partial charge in [-0.3, -0.25) is 4.99 Å². The van der Waals surface area contributed by atoms with E-state index >= 15 is 0 Å². The molecule has 0 bridgehead atoms. The SMILES string of the molecule is CCCC(CCO)CN=C(NCC)NCC(C)c1ccc(C)cc1. The van der Waals surface area contributed by atoms with Crippen molar-refractivity contribution in [3.8, 4) is 0 Å². The normalized spacial score (nSPS) is 14.3. The van der Waals surface area contributed by atoms with Gasteiger partial charge in [-0.1, -0.05) is 50.1 Å². The molecule has 24 heavy (non-hydrogen) atoms. The summed E-state index contributed by atoms with van der Waals surface area (Å²) in [7, 11) is 0. The van der Waals surface area contributed by atoms with E-state index in [0.29, 0.717) is 11.8 Å². The Hall–Kier alpha value is -1.55. The minimum absolute atomic E-state index is 0.245. The van der Waals surface area contributed by atoms with Gasteiger partial charge in [-0.05, 0) is 44.1 Å². The summed E-state index contributed by atoms with van der Waals surface area (Å²) in [5.74, 6) is 1.76. The van der Waals surface area contributed by atoms with Crippen molar-refractivity contribution in [1.82, 2.24) is 10.6 Å². The molecule has 0 aliphatic heterocycles. The fourth-order valence-corrected chi connectivity index (χ4v) is 2.74. The predicted molar refractivity (Wildman–Crippen MR) is 104 cm³/mol. The summed E-state index contributed by atoms with van der Waals surface area (Å²) in [4.78, 5) is 4.71. The van der Waals surface area contributed by atoms with Crippen LogP contribution in [0.25, 0.3) is 0 Å². The van der Waals surface area contributed by atoms with Gasteiger partial charge in [-0.15, -0.1) is 0 Å². The van der Waals surface area contributed by atoms with Gasteiger partial charge in [-0.25, -0.2) is 0 Å². The average molecular weight is 334 g/mol. The van der Waals surface area contributed by atoms with Gasteiger partial charge in [0.15, 0.2) is 5.96 Å². The predicted octanol–water partition coefficient (Wildman–Crippen LogP) is 3.45. The second-order valence-electron chi connectivity index (χ2n) is 6.58. The van der Waals surface area contributed by atoms with Crippen molar-refractivity contribution in [3.63, 3.8) is 0 Å². The van der Waals surface area contributed by atoms with Gasteiger partial charge in [0.1, 0.15) is 0 Å². The molecule has 4 heteroatoms. The van der Waals surface area contributed by atoms with Crippen molar-refractivity contribution in [1.29, 1.82) is 0 Å². The van der Waals surface area contributed by atoms with Crippen LogP contribution in [0.2, 0.25) is 0 Å². The third-order valence-corrected chi connectivity index (χ3v) is 4.31. The van der Waals surface area contributed by atoms with Crippen LogP contribution < -0.4 is 10.6 Å². The second kappa shape index (κ2) is 11.9. The molecule has 0 saturated carbocycles. The van der Waals surface area contributed by atoms with E-state index in [4.69, 9.17) is 4.99 Å². The lowest BCUT2D eigenvalue weighted by molar-refractivity contribution is 0.253. The first-order valence-corrected chi connectivity index (χ1v) is 9.30. The first-order chi connectivity index (χ1) is 11.6. The monoisotopic (exact) mass is 333 g/mol. The zero-order chi connectivity index (χ0) is 17.8. The molecule has 4 nitrogen and oxygen atoms in total. The van der Waals surface area contributed by atoms with Crippen LogP contribution in [0.15, 0.2) is 29.3 Å². The summed E-state index contributed by atoms with van der Waals surface area (Å²) in [6, 6.07) is 8.72. The quantitative estimate of drug-likeness (QED) is 0.454. The Labute approximate surface area is 147 Å². The molecule has 0 amide bonds. The van der Waals surface area contributed by atoms with Crippen LogP contribution >= 0.6 is 0 Å². The number of nitrogens with one attached hydrogen (secondary N) is 2. The zero-order valence-corrected chi connectivity index (χ0v) is 15.8. The van der Waals surface area contributed by atoms with Gasteiger partial charge in [0, 0.05) is 26.2 Å².